The summed E-state index contributed by atoms with van der Waals surface area (Å²) in [5.74, 6) is -0.249. The van der Waals surface area contributed by atoms with Crippen molar-refractivity contribution in [2.45, 2.75) is 11.8 Å². The van der Waals surface area contributed by atoms with Gasteiger partial charge in [0.05, 0.1) is 20.7 Å². The first kappa shape index (κ1) is 14.7. The molecule has 0 spiro atoms. The molecular weight excluding hydrogens is 322 g/mol. The molecule has 0 unspecified atom stereocenters. The summed E-state index contributed by atoms with van der Waals surface area (Å²) in [5.41, 5.74) is 1.98. The Balaban J connectivity index is 1.93. The van der Waals surface area contributed by atoms with Crippen LogP contribution in [0, 0.1) is 6.92 Å². The Hall–Kier alpha value is -2.19. The van der Waals surface area contributed by atoms with Crippen LogP contribution in [0.1, 0.15) is 16.1 Å². The smallest absolute Gasteiger partial charge is 0.259 e. The van der Waals surface area contributed by atoms with Gasteiger partial charge in [0.2, 0.25) is 0 Å². The molecule has 1 amide bonds. The zero-order chi connectivity index (χ0) is 15.9. The van der Waals surface area contributed by atoms with Crippen LogP contribution < -0.4 is 5.32 Å². The van der Waals surface area contributed by atoms with Gasteiger partial charge < -0.3 is 4.98 Å². The predicted octanol–water partition coefficient (Wildman–Crippen LogP) is 2.59. The number of aryl methyl sites for hydroxylation is 1. The summed E-state index contributed by atoms with van der Waals surface area (Å²) in [6.45, 7) is 1.81. The van der Waals surface area contributed by atoms with E-state index in [4.69, 9.17) is 0 Å². The Morgan fingerprint density at radius 1 is 1.32 bits per heavy atom. The number of fused-ring (bicyclic) bond motifs is 1. The van der Waals surface area contributed by atoms with Crippen LogP contribution in [0.3, 0.4) is 0 Å². The number of anilines is 1. The van der Waals surface area contributed by atoms with Crippen LogP contribution in [0.5, 0.6) is 0 Å². The van der Waals surface area contributed by atoms with Gasteiger partial charge in [0.25, 0.3) is 5.91 Å². The van der Waals surface area contributed by atoms with E-state index in [1.54, 1.807) is 24.4 Å². The second-order valence-corrected chi connectivity index (χ2v) is 7.94. The predicted molar refractivity (Wildman–Crippen MR) is 86.2 cm³/mol. The van der Waals surface area contributed by atoms with Crippen molar-refractivity contribution in [3.8, 4) is 0 Å². The average Bonchev–Trinajstić information content (AvgIpc) is 3.01. The van der Waals surface area contributed by atoms with E-state index in [2.05, 4.69) is 15.3 Å². The molecule has 0 radical (unpaired) electrons. The van der Waals surface area contributed by atoms with Crippen LogP contribution >= 0.6 is 11.3 Å². The third-order valence-corrected chi connectivity index (χ3v) is 5.25. The number of aromatic amines is 1. The average molecular weight is 335 g/mol. The van der Waals surface area contributed by atoms with E-state index in [1.165, 1.54) is 17.4 Å². The number of hydrogen-bond donors (Lipinski definition) is 2. The van der Waals surface area contributed by atoms with Crippen molar-refractivity contribution in [2.75, 3.05) is 11.6 Å². The zero-order valence-electron chi connectivity index (χ0n) is 11.9. The fraction of sp³-hybridized carbons (Fsp3) is 0.143. The van der Waals surface area contributed by atoms with E-state index < -0.39 is 9.84 Å². The van der Waals surface area contributed by atoms with Gasteiger partial charge in [-0.1, -0.05) is 11.3 Å². The first-order chi connectivity index (χ1) is 10.3. The Kier molecular flexibility index (Phi) is 3.50. The summed E-state index contributed by atoms with van der Waals surface area (Å²) in [4.78, 5) is 19.6. The van der Waals surface area contributed by atoms with Gasteiger partial charge >= 0.3 is 0 Å². The lowest BCUT2D eigenvalue weighted by Crippen LogP contribution is -2.11. The molecule has 2 aromatic heterocycles. The lowest BCUT2D eigenvalue weighted by molar-refractivity contribution is 0.102. The minimum atomic E-state index is -3.26. The van der Waals surface area contributed by atoms with Crippen LogP contribution in [0.25, 0.3) is 10.2 Å². The summed E-state index contributed by atoms with van der Waals surface area (Å²) in [5, 5.41) is 3.17. The lowest BCUT2D eigenvalue weighted by atomic mass is 10.2. The van der Waals surface area contributed by atoms with E-state index in [0.29, 0.717) is 20.9 Å². The van der Waals surface area contributed by atoms with Gasteiger partial charge in [0.15, 0.2) is 15.0 Å². The number of nitrogens with zero attached hydrogens (tertiary/aromatic N) is 1. The molecule has 22 heavy (non-hydrogen) atoms. The summed E-state index contributed by atoms with van der Waals surface area (Å²) < 4.78 is 23.8. The normalized spacial score (nSPS) is 11.7. The highest BCUT2D eigenvalue weighted by molar-refractivity contribution is 7.90. The van der Waals surface area contributed by atoms with Crippen molar-refractivity contribution < 1.29 is 13.2 Å². The van der Waals surface area contributed by atoms with E-state index in [1.807, 2.05) is 6.92 Å². The fourth-order valence-corrected chi connectivity index (χ4v) is 3.67. The summed E-state index contributed by atoms with van der Waals surface area (Å²) >= 11 is 1.24. The molecule has 1 aromatic carbocycles. The number of nitrogens with one attached hydrogen (secondary N) is 2. The second kappa shape index (κ2) is 5.22. The van der Waals surface area contributed by atoms with Gasteiger partial charge in [-0.25, -0.2) is 13.4 Å². The Morgan fingerprint density at radius 2 is 2.09 bits per heavy atom. The minimum Gasteiger partial charge on any atom is -0.365 e. The van der Waals surface area contributed by atoms with Gasteiger partial charge in [-0.2, -0.15) is 0 Å². The quantitative estimate of drug-likeness (QED) is 0.769. The molecule has 2 heterocycles. The molecule has 0 saturated heterocycles. The molecule has 3 aromatic rings. The molecule has 0 saturated carbocycles. The zero-order valence-corrected chi connectivity index (χ0v) is 13.5. The first-order valence-electron chi connectivity index (χ1n) is 6.40. The standard InChI is InChI=1S/C14H13N3O3S2/c1-8-10(5-6-15-8)13(18)17-14-16-11-4-3-9(22(2,19)20)7-12(11)21-14/h3-7,15H,1-2H3,(H,16,17,18). The highest BCUT2D eigenvalue weighted by Crippen LogP contribution is 2.28. The van der Waals surface area contributed by atoms with Crippen molar-refractivity contribution >= 4 is 42.4 Å². The van der Waals surface area contributed by atoms with Crippen molar-refractivity contribution in [1.82, 2.24) is 9.97 Å². The highest BCUT2D eigenvalue weighted by Gasteiger charge is 2.14. The monoisotopic (exact) mass is 335 g/mol. The number of sulfone groups is 1. The lowest BCUT2D eigenvalue weighted by Gasteiger charge is -1.99. The van der Waals surface area contributed by atoms with E-state index >= 15 is 0 Å². The SMILES string of the molecule is Cc1[nH]ccc1C(=O)Nc1nc2ccc(S(C)(=O)=O)cc2s1. The Labute approximate surface area is 131 Å². The molecule has 114 valence electrons. The van der Waals surface area contributed by atoms with Crippen LogP contribution in [-0.2, 0) is 9.84 Å². The van der Waals surface area contributed by atoms with E-state index in [9.17, 15) is 13.2 Å². The Morgan fingerprint density at radius 3 is 2.73 bits per heavy atom. The molecule has 3 rings (SSSR count). The molecule has 0 bridgehead atoms. The minimum absolute atomic E-state index is 0.239. The molecule has 2 N–H and O–H groups in total. The number of thiazole rings is 1. The van der Waals surface area contributed by atoms with Gasteiger partial charge in [-0.15, -0.1) is 0 Å². The maximum atomic E-state index is 12.1. The summed E-state index contributed by atoms with van der Waals surface area (Å²) in [7, 11) is -3.26. The molecule has 0 fully saturated rings. The van der Waals surface area contributed by atoms with Gasteiger partial charge in [0.1, 0.15) is 0 Å². The summed E-state index contributed by atoms with van der Waals surface area (Å²) in [6, 6.07) is 6.41. The van der Waals surface area contributed by atoms with E-state index in [-0.39, 0.29) is 10.8 Å². The maximum Gasteiger partial charge on any atom is 0.259 e. The number of benzene rings is 1. The number of carbonyl (C=O) groups excluding carboxylic acids is 1. The van der Waals surface area contributed by atoms with Crippen LogP contribution in [0.4, 0.5) is 5.13 Å². The molecule has 8 heteroatoms. The molecule has 6 nitrogen and oxygen atoms in total. The van der Waals surface area contributed by atoms with Crippen molar-refractivity contribution in [1.29, 1.82) is 0 Å². The topological polar surface area (TPSA) is 91.9 Å². The largest absolute Gasteiger partial charge is 0.365 e. The summed E-state index contributed by atoms with van der Waals surface area (Å²) in [6.07, 6.45) is 2.85. The molecule has 0 aliphatic rings. The van der Waals surface area contributed by atoms with Crippen molar-refractivity contribution in [3.05, 3.63) is 41.7 Å². The molecular formula is C14H13N3O3S2. The Bertz CT molecular complexity index is 970. The van der Waals surface area contributed by atoms with Crippen LogP contribution in [0.15, 0.2) is 35.4 Å². The number of rotatable bonds is 3. The molecule has 0 aliphatic carbocycles. The third kappa shape index (κ3) is 2.75. The highest BCUT2D eigenvalue weighted by atomic mass is 32.2. The fourth-order valence-electron chi connectivity index (χ4n) is 2.05. The number of aromatic nitrogens is 2. The van der Waals surface area contributed by atoms with Crippen LogP contribution in [-0.4, -0.2) is 30.5 Å². The van der Waals surface area contributed by atoms with E-state index in [0.717, 1.165) is 11.9 Å². The van der Waals surface area contributed by atoms with Crippen LogP contribution in [0.2, 0.25) is 0 Å². The van der Waals surface area contributed by atoms with Gasteiger partial charge in [-0.05, 0) is 31.2 Å². The molecule has 0 aliphatic heterocycles. The first-order valence-corrected chi connectivity index (χ1v) is 9.11. The van der Waals surface area contributed by atoms with Gasteiger partial charge in [-0.3, -0.25) is 10.1 Å². The van der Waals surface area contributed by atoms with Gasteiger partial charge in [0, 0.05) is 18.1 Å². The van der Waals surface area contributed by atoms with Crippen molar-refractivity contribution in [2.24, 2.45) is 0 Å². The van der Waals surface area contributed by atoms with Crippen molar-refractivity contribution in [3.63, 3.8) is 0 Å². The maximum absolute atomic E-state index is 12.1. The molecule has 0 atom stereocenters. The number of hydrogen-bond acceptors (Lipinski definition) is 5. The second-order valence-electron chi connectivity index (χ2n) is 4.89. The third-order valence-electron chi connectivity index (χ3n) is 3.21. The number of H-pyrrole nitrogens is 1. The number of amides is 1. The number of carbonyl (C=O) groups is 1.